The number of fused-ring (bicyclic) bond motifs is 4. The van der Waals surface area contributed by atoms with Gasteiger partial charge in [-0.2, -0.15) is 5.10 Å². The summed E-state index contributed by atoms with van der Waals surface area (Å²) < 4.78 is 7.53. The molecule has 0 saturated carbocycles. The SMILES string of the molecule is O=C1NC2(Oc3ccc(Br)cc3C3CC(c4ccccc4)=NN32)/C(=C/c2ccc(Cl)cc2)S1. The molecular weight excluding hydrogens is 522 g/mol. The van der Waals surface area contributed by atoms with Gasteiger partial charge in [0.05, 0.1) is 16.7 Å². The number of carbonyl (C=O) groups excluding carboxylic acids is 1. The minimum atomic E-state index is -1.22. The van der Waals surface area contributed by atoms with Crippen molar-refractivity contribution >= 4 is 56.3 Å². The number of rotatable bonds is 2. The van der Waals surface area contributed by atoms with Crippen molar-refractivity contribution in [2.45, 2.75) is 18.3 Å². The fourth-order valence-corrected chi connectivity index (χ4v) is 5.82. The van der Waals surface area contributed by atoms with E-state index < -0.39 is 5.85 Å². The zero-order valence-electron chi connectivity index (χ0n) is 17.2. The maximum absolute atomic E-state index is 12.7. The molecule has 3 heterocycles. The molecular formula is C25H17BrClN3O2S. The Balaban J connectivity index is 1.52. The van der Waals surface area contributed by atoms with Crippen molar-refractivity contribution in [1.29, 1.82) is 0 Å². The molecule has 6 rings (SSSR count). The maximum atomic E-state index is 12.7. The highest BCUT2D eigenvalue weighted by molar-refractivity contribution is 9.10. The van der Waals surface area contributed by atoms with Gasteiger partial charge in [0.15, 0.2) is 0 Å². The van der Waals surface area contributed by atoms with Crippen LogP contribution in [0.25, 0.3) is 6.08 Å². The Morgan fingerprint density at radius 1 is 1.15 bits per heavy atom. The van der Waals surface area contributed by atoms with Crippen LogP contribution in [0.5, 0.6) is 5.75 Å². The van der Waals surface area contributed by atoms with Crippen LogP contribution < -0.4 is 10.1 Å². The molecule has 3 aliphatic heterocycles. The minimum Gasteiger partial charge on any atom is -0.444 e. The van der Waals surface area contributed by atoms with Crippen LogP contribution in [0.1, 0.15) is 29.2 Å². The Bertz CT molecular complexity index is 1330. The Morgan fingerprint density at radius 3 is 2.73 bits per heavy atom. The van der Waals surface area contributed by atoms with Gasteiger partial charge in [0, 0.05) is 21.5 Å². The summed E-state index contributed by atoms with van der Waals surface area (Å²) in [7, 11) is 0. The van der Waals surface area contributed by atoms with E-state index in [1.165, 1.54) is 0 Å². The lowest BCUT2D eigenvalue weighted by molar-refractivity contribution is -0.0949. The minimum absolute atomic E-state index is 0.0888. The van der Waals surface area contributed by atoms with Gasteiger partial charge in [0.25, 0.3) is 5.24 Å². The van der Waals surface area contributed by atoms with Gasteiger partial charge in [0.1, 0.15) is 5.75 Å². The van der Waals surface area contributed by atoms with Crippen LogP contribution in [0.2, 0.25) is 5.02 Å². The van der Waals surface area contributed by atoms with Crippen LogP contribution >= 0.6 is 39.3 Å². The van der Waals surface area contributed by atoms with Crippen molar-refractivity contribution in [3.05, 3.63) is 104 Å². The lowest BCUT2D eigenvalue weighted by Gasteiger charge is -2.45. The highest BCUT2D eigenvalue weighted by atomic mass is 79.9. The number of hydrogen-bond donors (Lipinski definition) is 1. The number of nitrogens with zero attached hydrogens (tertiary/aromatic N) is 2. The number of hydrogen-bond acceptors (Lipinski definition) is 5. The van der Waals surface area contributed by atoms with E-state index in [1.54, 1.807) is 0 Å². The van der Waals surface area contributed by atoms with Gasteiger partial charge in [-0.1, -0.05) is 70.0 Å². The summed E-state index contributed by atoms with van der Waals surface area (Å²) in [4.78, 5) is 13.4. The molecule has 5 nitrogen and oxygen atoms in total. The molecule has 3 aliphatic rings. The zero-order valence-corrected chi connectivity index (χ0v) is 20.3. The third-order valence-corrected chi connectivity index (χ3v) is 7.55. The Hall–Kier alpha value is -2.74. The number of benzene rings is 3. The first-order chi connectivity index (χ1) is 16.0. The van der Waals surface area contributed by atoms with Gasteiger partial charge in [-0.05, 0) is 59.3 Å². The first kappa shape index (κ1) is 20.8. The molecule has 0 aliphatic carbocycles. The molecule has 2 atom stereocenters. The summed E-state index contributed by atoms with van der Waals surface area (Å²) in [6, 6.07) is 23.5. The summed E-state index contributed by atoms with van der Waals surface area (Å²) in [6.07, 6.45) is 2.66. The van der Waals surface area contributed by atoms with Crippen LogP contribution in [-0.4, -0.2) is 21.8 Å². The molecule has 2 unspecified atom stereocenters. The topological polar surface area (TPSA) is 53.9 Å². The Morgan fingerprint density at radius 2 is 1.94 bits per heavy atom. The van der Waals surface area contributed by atoms with Crippen molar-refractivity contribution < 1.29 is 9.53 Å². The quantitative estimate of drug-likeness (QED) is 0.390. The zero-order chi connectivity index (χ0) is 22.6. The largest absolute Gasteiger partial charge is 0.444 e. The molecule has 164 valence electrons. The number of ether oxygens (including phenoxy) is 1. The van der Waals surface area contributed by atoms with E-state index in [9.17, 15) is 4.79 Å². The fourth-order valence-electron chi connectivity index (χ4n) is 4.40. The van der Waals surface area contributed by atoms with Crippen molar-refractivity contribution in [3.8, 4) is 5.75 Å². The van der Waals surface area contributed by atoms with E-state index in [0.717, 1.165) is 49.3 Å². The first-order valence-electron chi connectivity index (χ1n) is 10.4. The molecule has 1 fully saturated rings. The number of amides is 1. The molecule has 1 spiro atoms. The van der Waals surface area contributed by atoms with E-state index in [0.29, 0.717) is 11.4 Å². The van der Waals surface area contributed by atoms with Crippen LogP contribution in [0.15, 0.2) is 87.3 Å². The molecule has 3 aromatic rings. The summed E-state index contributed by atoms with van der Waals surface area (Å²) in [5.41, 5.74) is 3.96. The Labute approximate surface area is 208 Å². The average Bonchev–Trinajstić information content (AvgIpc) is 3.40. The van der Waals surface area contributed by atoms with Crippen molar-refractivity contribution in [3.63, 3.8) is 0 Å². The Kier molecular flexibility index (Phi) is 5.01. The highest BCUT2D eigenvalue weighted by Gasteiger charge is 2.58. The lowest BCUT2D eigenvalue weighted by atomic mass is 9.95. The van der Waals surface area contributed by atoms with E-state index in [-0.39, 0.29) is 11.3 Å². The maximum Gasteiger partial charge on any atom is 0.314 e. The van der Waals surface area contributed by atoms with Crippen LogP contribution in [0.3, 0.4) is 0 Å². The van der Waals surface area contributed by atoms with Crippen molar-refractivity contribution in [2.75, 3.05) is 0 Å². The molecule has 0 aromatic heterocycles. The van der Waals surface area contributed by atoms with Crippen LogP contribution in [0, 0.1) is 0 Å². The monoisotopic (exact) mass is 537 g/mol. The first-order valence-corrected chi connectivity index (χ1v) is 12.4. The van der Waals surface area contributed by atoms with Gasteiger partial charge >= 0.3 is 5.85 Å². The predicted octanol–water partition coefficient (Wildman–Crippen LogP) is 6.80. The lowest BCUT2D eigenvalue weighted by Crippen LogP contribution is -2.61. The third-order valence-electron chi connectivity index (χ3n) is 5.90. The molecule has 8 heteroatoms. The summed E-state index contributed by atoms with van der Waals surface area (Å²) >= 11 is 10.8. The smallest absolute Gasteiger partial charge is 0.314 e. The second kappa shape index (κ2) is 7.94. The molecule has 1 saturated heterocycles. The normalized spacial score (nSPS) is 24.4. The molecule has 1 amide bonds. The van der Waals surface area contributed by atoms with Gasteiger partial charge in [-0.3, -0.25) is 10.1 Å². The van der Waals surface area contributed by atoms with E-state index in [1.807, 2.05) is 65.7 Å². The van der Waals surface area contributed by atoms with E-state index >= 15 is 0 Å². The summed E-state index contributed by atoms with van der Waals surface area (Å²) in [5.74, 6) is -0.488. The number of halogens is 2. The van der Waals surface area contributed by atoms with Crippen LogP contribution in [-0.2, 0) is 0 Å². The van der Waals surface area contributed by atoms with Crippen molar-refractivity contribution in [2.24, 2.45) is 5.10 Å². The molecule has 3 aromatic carbocycles. The molecule has 1 N–H and O–H groups in total. The highest BCUT2D eigenvalue weighted by Crippen LogP contribution is 2.53. The number of nitrogens with one attached hydrogen (secondary N) is 1. The third kappa shape index (κ3) is 3.55. The van der Waals surface area contributed by atoms with Crippen molar-refractivity contribution in [1.82, 2.24) is 10.3 Å². The molecule has 0 bridgehead atoms. The molecule has 0 radical (unpaired) electrons. The van der Waals surface area contributed by atoms with Gasteiger partial charge in [-0.25, -0.2) is 5.01 Å². The van der Waals surface area contributed by atoms with E-state index in [2.05, 4.69) is 39.4 Å². The van der Waals surface area contributed by atoms with Gasteiger partial charge < -0.3 is 4.74 Å². The van der Waals surface area contributed by atoms with Gasteiger partial charge in [-0.15, -0.1) is 0 Å². The summed E-state index contributed by atoms with van der Waals surface area (Å²) in [6.45, 7) is 0. The second-order valence-corrected chi connectivity index (χ2v) is 10.3. The number of carbonyl (C=O) groups is 1. The summed E-state index contributed by atoms with van der Waals surface area (Å²) in [5, 5.41) is 10.5. The van der Waals surface area contributed by atoms with Gasteiger partial charge in [0.2, 0.25) is 0 Å². The predicted molar refractivity (Wildman–Crippen MR) is 135 cm³/mol. The standard InChI is InChI=1S/C25H17BrClN3O2S/c26-17-8-11-22-19(13-17)21-14-20(16-4-2-1-3-5-16)29-30(21)25(32-22)23(33-24(31)28-25)12-15-6-9-18(27)10-7-15/h1-13,21H,14H2,(H,28,31)/b23-12-. The molecule has 33 heavy (non-hydrogen) atoms. The average molecular weight is 539 g/mol. The second-order valence-electron chi connectivity index (χ2n) is 7.98. The fraction of sp³-hybridized carbons (Fsp3) is 0.120. The number of thioether (sulfide) groups is 1. The van der Waals surface area contributed by atoms with E-state index in [4.69, 9.17) is 21.4 Å². The van der Waals surface area contributed by atoms with Crippen LogP contribution in [0.4, 0.5) is 4.79 Å². The number of hydrazone groups is 1.